The van der Waals surface area contributed by atoms with Gasteiger partial charge in [0, 0.05) is 13.1 Å². The monoisotopic (exact) mass is 299 g/mol. The summed E-state index contributed by atoms with van der Waals surface area (Å²) >= 11 is 3.36. The fourth-order valence-electron chi connectivity index (χ4n) is 1.94. The Labute approximate surface area is 108 Å². The van der Waals surface area contributed by atoms with Gasteiger partial charge in [0.1, 0.15) is 22.4 Å². The van der Waals surface area contributed by atoms with Crippen molar-refractivity contribution in [2.75, 3.05) is 23.7 Å². The van der Waals surface area contributed by atoms with Crippen molar-refractivity contribution in [2.24, 2.45) is 11.1 Å². The van der Waals surface area contributed by atoms with Gasteiger partial charge in [0.25, 0.3) is 0 Å². The van der Waals surface area contributed by atoms with Gasteiger partial charge in [-0.15, -0.1) is 0 Å². The zero-order chi connectivity index (χ0) is 12.6. The van der Waals surface area contributed by atoms with Crippen molar-refractivity contribution in [3.05, 3.63) is 10.8 Å². The molecule has 2 rings (SSSR count). The van der Waals surface area contributed by atoms with Crippen molar-refractivity contribution in [1.82, 2.24) is 9.97 Å². The first-order valence-electron chi connectivity index (χ1n) is 5.25. The summed E-state index contributed by atoms with van der Waals surface area (Å²) in [7, 11) is 0. The van der Waals surface area contributed by atoms with Crippen LogP contribution in [-0.2, 0) is 4.79 Å². The number of halogens is 1. The quantitative estimate of drug-likeness (QED) is 0.830. The molecule has 1 amide bonds. The highest BCUT2D eigenvalue weighted by Crippen LogP contribution is 2.36. The van der Waals surface area contributed by atoms with Gasteiger partial charge < -0.3 is 16.4 Å². The number of nitrogen functional groups attached to an aromatic ring is 1. The van der Waals surface area contributed by atoms with E-state index in [1.54, 1.807) is 0 Å². The molecule has 0 spiro atoms. The molecule has 1 aromatic heterocycles. The molecule has 0 bridgehead atoms. The molecular weight excluding hydrogens is 286 g/mol. The third-order valence-corrected chi connectivity index (χ3v) is 3.93. The molecule has 1 atom stereocenters. The van der Waals surface area contributed by atoms with E-state index < -0.39 is 5.41 Å². The Bertz CT molecular complexity index is 466. The van der Waals surface area contributed by atoms with E-state index in [4.69, 9.17) is 11.5 Å². The molecule has 1 aliphatic heterocycles. The molecule has 0 saturated carbocycles. The van der Waals surface area contributed by atoms with Crippen molar-refractivity contribution in [1.29, 1.82) is 0 Å². The van der Waals surface area contributed by atoms with Crippen molar-refractivity contribution >= 4 is 33.5 Å². The summed E-state index contributed by atoms with van der Waals surface area (Å²) < 4.78 is 0.661. The maximum atomic E-state index is 11.4. The number of hydrogen-bond acceptors (Lipinski definition) is 5. The number of aromatic nitrogens is 2. The van der Waals surface area contributed by atoms with Crippen LogP contribution in [-0.4, -0.2) is 29.0 Å². The van der Waals surface area contributed by atoms with E-state index in [1.165, 1.54) is 6.33 Å². The van der Waals surface area contributed by atoms with Gasteiger partial charge in [-0.05, 0) is 29.3 Å². The van der Waals surface area contributed by atoms with Gasteiger partial charge in [-0.3, -0.25) is 4.79 Å². The van der Waals surface area contributed by atoms with Gasteiger partial charge in [0.05, 0.1) is 5.41 Å². The minimum Gasteiger partial charge on any atom is -0.383 e. The fraction of sp³-hybridized carbons (Fsp3) is 0.500. The predicted molar refractivity (Wildman–Crippen MR) is 68.3 cm³/mol. The van der Waals surface area contributed by atoms with Crippen LogP contribution in [0.25, 0.3) is 0 Å². The van der Waals surface area contributed by atoms with E-state index in [2.05, 4.69) is 25.9 Å². The van der Waals surface area contributed by atoms with Crippen LogP contribution in [0.5, 0.6) is 0 Å². The van der Waals surface area contributed by atoms with Crippen molar-refractivity contribution in [3.63, 3.8) is 0 Å². The summed E-state index contributed by atoms with van der Waals surface area (Å²) in [6.45, 7) is 3.15. The number of nitrogens with zero attached hydrogens (tertiary/aromatic N) is 3. The molecule has 92 valence electrons. The van der Waals surface area contributed by atoms with Gasteiger partial charge in [-0.1, -0.05) is 0 Å². The Morgan fingerprint density at radius 2 is 2.29 bits per heavy atom. The molecule has 1 fully saturated rings. The second-order valence-electron chi connectivity index (χ2n) is 4.49. The lowest BCUT2D eigenvalue weighted by molar-refractivity contribution is -0.125. The van der Waals surface area contributed by atoms with Crippen molar-refractivity contribution in [3.8, 4) is 0 Å². The number of primary amides is 1. The highest BCUT2D eigenvalue weighted by Gasteiger charge is 2.39. The Hall–Kier alpha value is -1.37. The van der Waals surface area contributed by atoms with Crippen LogP contribution < -0.4 is 16.4 Å². The summed E-state index contributed by atoms with van der Waals surface area (Å²) in [4.78, 5) is 21.4. The van der Waals surface area contributed by atoms with Gasteiger partial charge >= 0.3 is 0 Å². The Morgan fingerprint density at radius 1 is 1.59 bits per heavy atom. The topological polar surface area (TPSA) is 98.1 Å². The number of nitrogens with two attached hydrogens (primary N) is 2. The number of carbonyl (C=O) groups excluding carboxylic acids is 1. The maximum Gasteiger partial charge on any atom is 0.225 e. The van der Waals surface area contributed by atoms with Crippen LogP contribution >= 0.6 is 15.9 Å². The summed E-state index contributed by atoms with van der Waals surface area (Å²) in [5.41, 5.74) is 10.6. The minimum atomic E-state index is -0.501. The van der Waals surface area contributed by atoms with Crippen molar-refractivity contribution in [2.45, 2.75) is 13.3 Å². The fourth-order valence-corrected chi connectivity index (χ4v) is 2.39. The SMILES string of the molecule is CC1(C(N)=O)CCN(c2ncnc(N)c2Br)C1. The van der Waals surface area contributed by atoms with Gasteiger partial charge in [0.2, 0.25) is 5.91 Å². The van der Waals surface area contributed by atoms with Gasteiger partial charge in [-0.2, -0.15) is 0 Å². The van der Waals surface area contributed by atoms with Gasteiger partial charge in [0.15, 0.2) is 0 Å². The third kappa shape index (κ3) is 2.06. The maximum absolute atomic E-state index is 11.4. The Morgan fingerprint density at radius 3 is 2.88 bits per heavy atom. The van der Waals surface area contributed by atoms with Crippen LogP contribution in [0.15, 0.2) is 10.8 Å². The lowest BCUT2D eigenvalue weighted by Gasteiger charge is -2.22. The number of amides is 1. The molecule has 1 aliphatic rings. The second kappa shape index (κ2) is 4.14. The van der Waals surface area contributed by atoms with E-state index in [0.29, 0.717) is 22.7 Å². The first-order chi connectivity index (χ1) is 7.94. The average molecular weight is 300 g/mol. The number of rotatable bonds is 2. The third-order valence-electron chi connectivity index (χ3n) is 3.17. The molecule has 1 aromatic rings. The largest absolute Gasteiger partial charge is 0.383 e. The first-order valence-corrected chi connectivity index (χ1v) is 6.04. The smallest absolute Gasteiger partial charge is 0.225 e. The van der Waals surface area contributed by atoms with Crippen LogP contribution in [0, 0.1) is 5.41 Å². The van der Waals surface area contributed by atoms with E-state index in [1.807, 2.05) is 11.8 Å². The summed E-state index contributed by atoms with van der Waals surface area (Å²) in [5.74, 6) is 0.823. The van der Waals surface area contributed by atoms with Crippen LogP contribution in [0.4, 0.5) is 11.6 Å². The van der Waals surface area contributed by atoms with Crippen LogP contribution in [0.2, 0.25) is 0 Å². The van der Waals surface area contributed by atoms with E-state index in [9.17, 15) is 4.79 Å². The molecule has 2 heterocycles. The summed E-state index contributed by atoms with van der Waals surface area (Å²) in [5, 5.41) is 0. The summed E-state index contributed by atoms with van der Waals surface area (Å²) in [6.07, 6.45) is 2.13. The zero-order valence-corrected chi connectivity index (χ0v) is 11.1. The lowest BCUT2D eigenvalue weighted by Crippen LogP contribution is -2.37. The highest BCUT2D eigenvalue weighted by molar-refractivity contribution is 9.10. The van der Waals surface area contributed by atoms with Crippen LogP contribution in [0.3, 0.4) is 0 Å². The first kappa shape index (κ1) is 12.1. The summed E-state index contributed by atoms with van der Waals surface area (Å²) in [6, 6.07) is 0. The lowest BCUT2D eigenvalue weighted by atomic mass is 9.89. The Balaban J connectivity index is 2.27. The molecule has 0 radical (unpaired) electrons. The number of anilines is 2. The molecule has 1 unspecified atom stereocenters. The molecule has 1 saturated heterocycles. The van der Waals surface area contributed by atoms with E-state index in [-0.39, 0.29) is 5.91 Å². The molecule has 0 aromatic carbocycles. The molecule has 7 heteroatoms. The molecular formula is C10H14BrN5O. The predicted octanol–water partition coefficient (Wildman–Crippen LogP) is 0.523. The number of carbonyl (C=O) groups is 1. The standard InChI is InChI=1S/C10H14BrN5O/c1-10(9(13)17)2-3-16(4-10)8-6(11)7(12)14-5-15-8/h5H,2-4H2,1H3,(H2,13,17)(H2,12,14,15). The van der Waals surface area contributed by atoms with E-state index >= 15 is 0 Å². The molecule has 0 aliphatic carbocycles. The van der Waals surface area contributed by atoms with E-state index in [0.717, 1.165) is 13.0 Å². The van der Waals surface area contributed by atoms with Crippen molar-refractivity contribution < 1.29 is 4.79 Å². The normalized spacial score (nSPS) is 24.0. The molecule has 4 N–H and O–H groups in total. The minimum absolute atomic E-state index is 0.279. The second-order valence-corrected chi connectivity index (χ2v) is 5.29. The molecule has 17 heavy (non-hydrogen) atoms. The average Bonchev–Trinajstić information content (AvgIpc) is 2.66. The van der Waals surface area contributed by atoms with Gasteiger partial charge in [-0.25, -0.2) is 9.97 Å². The number of hydrogen-bond donors (Lipinski definition) is 2. The Kier molecular flexibility index (Phi) is 2.94. The highest BCUT2D eigenvalue weighted by atomic mass is 79.9. The zero-order valence-electron chi connectivity index (χ0n) is 9.48. The molecule has 6 nitrogen and oxygen atoms in total. The van der Waals surface area contributed by atoms with Crippen LogP contribution in [0.1, 0.15) is 13.3 Å².